The summed E-state index contributed by atoms with van der Waals surface area (Å²) in [6, 6.07) is 5.75. The number of likely N-dealkylation sites (tertiary alicyclic amines) is 1. The summed E-state index contributed by atoms with van der Waals surface area (Å²) in [6.45, 7) is -0.269. The molecule has 20 heavy (non-hydrogen) atoms. The van der Waals surface area contributed by atoms with Crippen molar-refractivity contribution in [2.45, 2.75) is 32.0 Å². The van der Waals surface area contributed by atoms with Crippen LogP contribution in [0, 0.1) is 0 Å². The molecule has 0 spiro atoms. The van der Waals surface area contributed by atoms with Crippen molar-refractivity contribution in [1.29, 1.82) is 0 Å². The molecule has 110 valence electrons. The molecule has 0 saturated carbocycles. The van der Waals surface area contributed by atoms with Gasteiger partial charge in [0.05, 0.1) is 5.60 Å². The van der Waals surface area contributed by atoms with Crippen LogP contribution in [0.1, 0.15) is 30.1 Å². The van der Waals surface area contributed by atoms with E-state index in [4.69, 9.17) is 0 Å². The molecule has 1 saturated heterocycles. The van der Waals surface area contributed by atoms with E-state index in [1.54, 1.807) is 17.9 Å². The van der Waals surface area contributed by atoms with E-state index in [0.29, 0.717) is 31.5 Å². The summed E-state index contributed by atoms with van der Waals surface area (Å²) >= 11 is 0. The summed E-state index contributed by atoms with van der Waals surface area (Å²) in [5.74, 6) is -0.268. The van der Waals surface area contributed by atoms with Gasteiger partial charge in [0, 0.05) is 18.7 Å². The molecular formula is C14H17F2NO3. The molecule has 1 N–H and O–H groups in total. The predicted molar refractivity (Wildman–Crippen MR) is 68.8 cm³/mol. The molecule has 1 fully saturated rings. The van der Waals surface area contributed by atoms with Gasteiger partial charge in [0.15, 0.2) is 0 Å². The van der Waals surface area contributed by atoms with Gasteiger partial charge in [-0.1, -0.05) is 6.07 Å². The molecule has 1 heterocycles. The van der Waals surface area contributed by atoms with Gasteiger partial charge >= 0.3 is 6.61 Å². The highest BCUT2D eigenvalue weighted by Gasteiger charge is 2.30. The maximum Gasteiger partial charge on any atom is 0.387 e. The third-order valence-corrected chi connectivity index (χ3v) is 3.43. The first-order chi connectivity index (χ1) is 9.37. The molecule has 1 aliphatic heterocycles. The van der Waals surface area contributed by atoms with Crippen LogP contribution in [-0.4, -0.2) is 41.2 Å². The number of rotatable bonds is 3. The Morgan fingerprint density at radius 3 is 2.65 bits per heavy atom. The lowest BCUT2D eigenvalue weighted by Crippen LogP contribution is -2.45. The van der Waals surface area contributed by atoms with E-state index in [9.17, 15) is 18.7 Å². The molecule has 1 amide bonds. The minimum Gasteiger partial charge on any atom is -0.435 e. The van der Waals surface area contributed by atoms with E-state index in [1.165, 1.54) is 18.2 Å². The van der Waals surface area contributed by atoms with Gasteiger partial charge in [-0.3, -0.25) is 4.79 Å². The van der Waals surface area contributed by atoms with Crippen molar-refractivity contribution >= 4 is 5.91 Å². The van der Waals surface area contributed by atoms with Crippen molar-refractivity contribution in [2.75, 3.05) is 13.1 Å². The molecule has 0 aliphatic carbocycles. The topological polar surface area (TPSA) is 49.8 Å². The van der Waals surface area contributed by atoms with Crippen molar-refractivity contribution in [3.63, 3.8) is 0 Å². The highest BCUT2D eigenvalue weighted by molar-refractivity contribution is 5.94. The summed E-state index contributed by atoms with van der Waals surface area (Å²) in [5.41, 5.74) is -0.429. The summed E-state index contributed by atoms with van der Waals surface area (Å²) in [6.07, 6.45) is 1.01. The Labute approximate surface area is 116 Å². The van der Waals surface area contributed by atoms with Crippen molar-refractivity contribution in [3.05, 3.63) is 29.8 Å². The van der Waals surface area contributed by atoms with Crippen molar-refractivity contribution in [1.82, 2.24) is 4.90 Å². The number of carbonyl (C=O) groups excluding carboxylic acids is 1. The number of hydrogen-bond donors (Lipinski definition) is 1. The molecule has 0 bridgehead atoms. The Hall–Kier alpha value is -1.69. The maximum absolute atomic E-state index is 12.2. The summed E-state index contributed by atoms with van der Waals surface area (Å²) < 4.78 is 28.6. The van der Waals surface area contributed by atoms with Gasteiger partial charge in [-0.2, -0.15) is 8.78 Å². The van der Waals surface area contributed by atoms with E-state index < -0.39 is 12.2 Å². The van der Waals surface area contributed by atoms with E-state index in [1.807, 2.05) is 0 Å². The molecule has 1 aromatic rings. The number of amides is 1. The Balaban J connectivity index is 2.06. The number of benzene rings is 1. The zero-order chi connectivity index (χ0) is 14.8. The highest BCUT2D eigenvalue weighted by Crippen LogP contribution is 2.23. The zero-order valence-electron chi connectivity index (χ0n) is 11.2. The largest absolute Gasteiger partial charge is 0.435 e. The quantitative estimate of drug-likeness (QED) is 0.927. The van der Waals surface area contributed by atoms with E-state index in [-0.39, 0.29) is 11.7 Å². The lowest BCUT2D eigenvalue weighted by atomic mass is 9.93. The van der Waals surface area contributed by atoms with Gasteiger partial charge in [-0.15, -0.1) is 0 Å². The van der Waals surface area contributed by atoms with Gasteiger partial charge < -0.3 is 14.7 Å². The lowest BCUT2D eigenvalue weighted by molar-refractivity contribution is -0.0499. The first kappa shape index (κ1) is 14.7. The Kier molecular flexibility index (Phi) is 4.23. The van der Waals surface area contributed by atoms with Crippen molar-refractivity contribution < 1.29 is 23.4 Å². The fourth-order valence-electron chi connectivity index (χ4n) is 2.18. The smallest absolute Gasteiger partial charge is 0.387 e. The maximum atomic E-state index is 12.2. The van der Waals surface area contributed by atoms with Crippen molar-refractivity contribution in [2.24, 2.45) is 0 Å². The number of hydrogen-bond acceptors (Lipinski definition) is 3. The average molecular weight is 285 g/mol. The van der Waals surface area contributed by atoms with Crippen LogP contribution >= 0.6 is 0 Å². The third-order valence-electron chi connectivity index (χ3n) is 3.43. The van der Waals surface area contributed by atoms with Crippen LogP contribution in [0.3, 0.4) is 0 Å². The van der Waals surface area contributed by atoms with E-state index in [0.717, 1.165) is 0 Å². The molecule has 0 radical (unpaired) electrons. The minimum atomic E-state index is -2.91. The number of ether oxygens (including phenoxy) is 1. The monoisotopic (exact) mass is 285 g/mol. The SMILES string of the molecule is CC1(O)CCN(C(=O)c2cccc(OC(F)F)c2)CC1. The van der Waals surface area contributed by atoms with Gasteiger partial charge in [0.2, 0.25) is 0 Å². The zero-order valence-corrected chi connectivity index (χ0v) is 11.2. The Morgan fingerprint density at radius 2 is 2.05 bits per heavy atom. The average Bonchev–Trinajstić information content (AvgIpc) is 2.37. The molecule has 0 atom stereocenters. The van der Waals surface area contributed by atoms with Crippen LogP contribution in [-0.2, 0) is 0 Å². The molecule has 0 aromatic heterocycles. The lowest BCUT2D eigenvalue weighted by Gasteiger charge is -2.35. The molecule has 6 heteroatoms. The van der Waals surface area contributed by atoms with Gasteiger partial charge in [-0.25, -0.2) is 0 Å². The minimum absolute atomic E-state index is 0.0325. The third kappa shape index (κ3) is 3.66. The van der Waals surface area contributed by atoms with Crippen LogP contribution in [0.4, 0.5) is 8.78 Å². The van der Waals surface area contributed by atoms with Crippen LogP contribution in [0.2, 0.25) is 0 Å². The number of halogens is 2. The Morgan fingerprint density at radius 1 is 1.40 bits per heavy atom. The standard InChI is InChI=1S/C14H17F2NO3/c1-14(19)5-7-17(8-6-14)12(18)10-3-2-4-11(9-10)20-13(15)16/h2-4,9,13,19H,5-8H2,1H3. The summed E-state index contributed by atoms with van der Waals surface area (Å²) in [4.78, 5) is 13.9. The Bertz CT molecular complexity index is 481. The molecule has 2 rings (SSSR count). The van der Waals surface area contributed by atoms with Gasteiger partial charge in [0.1, 0.15) is 5.75 Å². The number of nitrogens with zero attached hydrogens (tertiary/aromatic N) is 1. The molecule has 0 unspecified atom stereocenters. The van der Waals surface area contributed by atoms with Crippen LogP contribution in [0.15, 0.2) is 24.3 Å². The highest BCUT2D eigenvalue weighted by atomic mass is 19.3. The van der Waals surface area contributed by atoms with E-state index in [2.05, 4.69) is 4.74 Å². The number of piperidine rings is 1. The number of alkyl halides is 2. The second kappa shape index (κ2) is 5.75. The molecule has 1 aromatic carbocycles. The van der Waals surface area contributed by atoms with Gasteiger partial charge in [0.25, 0.3) is 5.91 Å². The molecular weight excluding hydrogens is 268 g/mol. The van der Waals surface area contributed by atoms with Crippen molar-refractivity contribution in [3.8, 4) is 5.75 Å². The first-order valence-corrected chi connectivity index (χ1v) is 6.44. The second-order valence-corrected chi connectivity index (χ2v) is 5.20. The second-order valence-electron chi connectivity index (χ2n) is 5.20. The molecule has 1 aliphatic rings. The fraction of sp³-hybridized carbons (Fsp3) is 0.500. The van der Waals surface area contributed by atoms with Crippen LogP contribution in [0.25, 0.3) is 0 Å². The van der Waals surface area contributed by atoms with Crippen LogP contribution in [0.5, 0.6) is 5.75 Å². The fourth-order valence-corrected chi connectivity index (χ4v) is 2.18. The normalized spacial score (nSPS) is 18.1. The first-order valence-electron chi connectivity index (χ1n) is 6.44. The summed E-state index contributed by atoms with van der Waals surface area (Å²) in [5, 5.41) is 9.85. The molecule has 4 nitrogen and oxygen atoms in total. The number of carbonyl (C=O) groups is 1. The summed E-state index contributed by atoms with van der Waals surface area (Å²) in [7, 11) is 0. The van der Waals surface area contributed by atoms with Crippen LogP contribution < -0.4 is 4.74 Å². The number of aliphatic hydroxyl groups is 1. The predicted octanol–water partition coefficient (Wildman–Crippen LogP) is 2.28. The van der Waals surface area contributed by atoms with Gasteiger partial charge in [-0.05, 0) is 38.0 Å². The van der Waals surface area contributed by atoms with E-state index >= 15 is 0 Å².